The first-order valence-corrected chi connectivity index (χ1v) is 6.61. The maximum absolute atomic E-state index is 11.5. The number of ether oxygens (including phenoxy) is 1. The maximum Gasteiger partial charge on any atom is 0.407 e. The van der Waals surface area contributed by atoms with Gasteiger partial charge in [-0.2, -0.15) is 0 Å². The molecule has 0 aliphatic carbocycles. The Bertz CT molecular complexity index is 403. The van der Waals surface area contributed by atoms with Crippen molar-refractivity contribution in [3.63, 3.8) is 0 Å². The van der Waals surface area contributed by atoms with E-state index in [-0.39, 0.29) is 5.78 Å². The molecule has 104 valence electrons. The number of hydrogen-bond acceptors (Lipinski definition) is 3. The van der Waals surface area contributed by atoms with Gasteiger partial charge in [-0.15, -0.1) is 0 Å². The quantitative estimate of drug-likeness (QED) is 0.769. The van der Waals surface area contributed by atoms with Gasteiger partial charge in [-0.25, -0.2) is 4.79 Å². The normalized spacial score (nSPS) is 11.7. The summed E-state index contributed by atoms with van der Waals surface area (Å²) in [5.74, 6) is -0.0729. The molecule has 0 unspecified atom stereocenters. The molecule has 0 fully saturated rings. The molecule has 1 rings (SSSR count). The number of unbranched alkanes of at least 4 members (excludes halogenated alkanes) is 1. The summed E-state index contributed by atoms with van der Waals surface area (Å²) >= 11 is 0. The molecule has 19 heavy (non-hydrogen) atoms. The van der Waals surface area contributed by atoms with Gasteiger partial charge in [-0.05, 0) is 25.3 Å². The van der Waals surface area contributed by atoms with Gasteiger partial charge in [0.2, 0.25) is 0 Å². The SMILES string of the molecule is CCCCOC(=O)N[C@@H](Cc1ccccc1)C(C)=O. The Balaban J connectivity index is 2.49. The van der Waals surface area contributed by atoms with Crippen molar-refractivity contribution in [3.8, 4) is 0 Å². The highest BCUT2D eigenvalue weighted by Crippen LogP contribution is 2.04. The standard InChI is InChI=1S/C15H21NO3/c1-3-4-10-19-15(18)16-14(12(2)17)11-13-8-6-5-7-9-13/h5-9,14H,3-4,10-11H2,1-2H3,(H,16,18)/t14-/m0/s1. The molecule has 1 amide bonds. The molecule has 0 radical (unpaired) electrons. The zero-order chi connectivity index (χ0) is 14.1. The van der Waals surface area contributed by atoms with Gasteiger partial charge >= 0.3 is 6.09 Å². The number of hydrogen-bond donors (Lipinski definition) is 1. The fourth-order valence-corrected chi connectivity index (χ4v) is 1.64. The largest absolute Gasteiger partial charge is 0.450 e. The molecule has 0 bridgehead atoms. The third kappa shape index (κ3) is 6.04. The summed E-state index contributed by atoms with van der Waals surface area (Å²) in [7, 11) is 0. The Hall–Kier alpha value is -1.84. The fraction of sp³-hybridized carbons (Fsp3) is 0.467. The predicted molar refractivity (Wildman–Crippen MR) is 74.0 cm³/mol. The summed E-state index contributed by atoms with van der Waals surface area (Å²) in [5.41, 5.74) is 1.01. The van der Waals surface area contributed by atoms with Crippen LogP contribution in [-0.4, -0.2) is 24.5 Å². The highest BCUT2D eigenvalue weighted by Gasteiger charge is 2.18. The van der Waals surface area contributed by atoms with Crippen LogP contribution in [0.3, 0.4) is 0 Å². The number of nitrogens with one attached hydrogen (secondary N) is 1. The Morgan fingerprint density at radius 1 is 1.26 bits per heavy atom. The Labute approximate surface area is 114 Å². The van der Waals surface area contributed by atoms with Crippen LogP contribution in [-0.2, 0) is 16.0 Å². The van der Waals surface area contributed by atoms with Crippen LogP contribution in [0.25, 0.3) is 0 Å². The summed E-state index contributed by atoms with van der Waals surface area (Å²) in [4.78, 5) is 23.1. The number of rotatable bonds is 7. The van der Waals surface area contributed by atoms with Crippen molar-refractivity contribution in [2.75, 3.05) is 6.61 Å². The van der Waals surface area contributed by atoms with Crippen LogP contribution in [0, 0.1) is 0 Å². The van der Waals surface area contributed by atoms with Crippen LogP contribution in [0.5, 0.6) is 0 Å². The van der Waals surface area contributed by atoms with Crippen LogP contribution in [0.4, 0.5) is 4.79 Å². The Morgan fingerprint density at radius 2 is 1.95 bits per heavy atom. The second-order valence-corrected chi connectivity index (χ2v) is 4.49. The van der Waals surface area contributed by atoms with Crippen molar-refractivity contribution in [2.24, 2.45) is 0 Å². The molecule has 0 spiro atoms. The second kappa shape index (κ2) is 8.29. The molecule has 1 N–H and O–H groups in total. The lowest BCUT2D eigenvalue weighted by atomic mass is 10.0. The average Bonchev–Trinajstić information content (AvgIpc) is 2.39. The first-order chi connectivity index (χ1) is 9.13. The van der Waals surface area contributed by atoms with Crippen molar-refractivity contribution >= 4 is 11.9 Å². The molecule has 0 aromatic heterocycles. The lowest BCUT2D eigenvalue weighted by Gasteiger charge is -2.15. The van der Waals surface area contributed by atoms with Gasteiger partial charge in [0.25, 0.3) is 0 Å². The third-order valence-corrected chi connectivity index (χ3v) is 2.80. The van der Waals surface area contributed by atoms with Crippen molar-refractivity contribution < 1.29 is 14.3 Å². The van der Waals surface area contributed by atoms with E-state index in [1.165, 1.54) is 6.92 Å². The number of carbonyl (C=O) groups excluding carboxylic acids is 2. The van der Waals surface area contributed by atoms with Gasteiger partial charge in [-0.3, -0.25) is 4.79 Å². The zero-order valence-corrected chi connectivity index (χ0v) is 11.5. The highest BCUT2D eigenvalue weighted by molar-refractivity contribution is 5.85. The second-order valence-electron chi connectivity index (χ2n) is 4.49. The minimum absolute atomic E-state index is 0.0729. The summed E-state index contributed by atoms with van der Waals surface area (Å²) in [6.45, 7) is 3.88. The van der Waals surface area contributed by atoms with E-state index in [1.807, 2.05) is 37.3 Å². The summed E-state index contributed by atoms with van der Waals surface area (Å²) < 4.78 is 5.00. The molecule has 0 aliphatic rings. The molecule has 4 heteroatoms. The number of amides is 1. The molecular formula is C15H21NO3. The molecule has 0 heterocycles. The van der Waals surface area contributed by atoms with E-state index >= 15 is 0 Å². The number of ketones is 1. The first kappa shape index (κ1) is 15.2. The zero-order valence-electron chi connectivity index (χ0n) is 11.5. The lowest BCUT2D eigenvalue weighted by molar-refractivity contribution is -0.118. The third-order valence-electron chi connectivity index (χ3n) is 2.80. The maximum atomic E-state index is 11.5. The molecule has 0 saturated carbocycles. The number of benzene rings is 1. The van der Waals surface area contributed by atoms with Gasteiger partial charge in [-0.1, -0.05) is 43.7 Å². The topological polar surface area (TPSA) is 55.4 Å². The minimum Gasteiger partial charge on any atom is -0.450 e. The van der Waals surface area contributed by atoms with Crippen LogP contribution in [0.15, 0.2) is 30.3 Å². The van der Waals surface area contributed by atoms with Crippen LogP contribution < -0.4 is 5.32 Å². The molecule has 0 saturated heterocycles. The van der Waals surface area contributed by atoms with E-state index in [0.717, 1.165) is 18.4 Å². The molecule has 0 aliphatic heterocycles. The molecule has 1 atom stereocenters. The highest BCUT2D eigenvalue weighted by atomic mass is 16.5. The number of alkyl carbamates (subject to hydrolysis) is 1. The molecule has 4 nitrogen and oxygen atoms in total. The summed E-state index contributed by atoms with van der Waals surface area (Å²) in [6, 6.07) is 9.06. The van der Waals surface area contributed by atoms with Crippen LogP contribution in [0.1, 0.15) is 32.3 Å². The fourth-order valence-electron chi connectivity index (χ4n) is 1.64. The van der Waals surface area contributed by atoms with E-state index in [1.54, 1.807) is 0 Å². The molecule has 1 aromatic carbocycles. The van der Waals surface area contributed by atoms with Gasteiger partial charge in [0.05, 0.1) is 12.6 Å². The van der Waals surface area contributed by atoms with Crippen molar-refractivity contribution in [3.05, 3.63) is 35.9 Å². The smallest absolute Gasteiger partial charge is 0.407 e. The van der Waals surface area contributed by atoms with E-state index in [9.17, 15) is 9.59 Å². The average molecular weight is 263 g/mol. The predicted octanol–water partition coefficient (Wildman–Crippen LogP) is 2.71. The monoisotopic (exact) mass is 263 g/mol. The Kier molecular flexibility index (Phi) is 6.64. The molecule has 1 aromatic rings. The molecular weight excluding hydrogens is 242 g/mol. The van der Waals surface area contributed by atoms with Gasteiger partial charge in [0, 0.05) is 0 Å². The van der Waals surface area contributed by atoms with E-state index in [0.29, 0.717) is 13.0 Å². The first-order valence-electron chi connectivity index (χ1n) is 6.61. The number of carbonyl (C=O) groups is 2. The van der Waals surface area contributed by atoms with E-state index in [4.69, 9.17) is 4.74 Å². The minimum atomic E-state index is -0.531. The summed E-state index contributed by atoms with van der Waals surface area (Å²) in [6.07, 6.45) is 1.76. The van der Waals surface area contributed by atoms with Crippen molar-refractivity contribution in [2.45, 2.75) is 39.2 Å². The van der Waals surface area contributed by atoms with Gasteiger partial charge in [0.15, 0.2) is 5.78 Å². The van der Waals surface area contributed by atoms with Crippen molar-refractivity contribution in [1.29, 1.82) is 0 Å². The number of Topliss-reactive ketones (excluding diaryl/α,β-unsaturated/α-hetero) is 1. The van der Waals surface area contributed by atoms with E-state index < -0.39 is 12.1 Å². The van der Waals surface area contributed by atoms with Gasteiger partial charge in [0.1, 0.15) is 0 Å². The van der Waals surface area contributed by atoms with E-state index in [2.05, 4.69) is 5.32 Å². The van der Waals surface area contributed by atoms with Gasteiger partial charge < -0.3 is 10.1 Å². The van der Waals surface area contributed by atoms with Crippen molar-refractivity contribution in [1.82, 2.24) is 5.32 Å². The lowest BCUT2D eigenvalue weighted by Crippen LogP contribution is -2.41. The summed E-state index contributed by atoms with van der Waals surface area (Å²) in [5, 5.41) is 2.61. The Morgan fingerprint density at radius 3 is 2.53 bits per heavy atom. The van der Waals surface area contributed by atoms with Crippen LogP contribution in [0.2, 0.25) is 0 Å². The van der Waals surface area contributed by atoms with Crippen LogP contribution >= 0.6 is 0 Å².